The van der Waals surface area contributed by atoms with Crippen molar-refractivity contribution >= 4 is 0 Å². The Hall–Kier alpha value is -1.84. The van der Waals surface area contributed by atoms with Crippen molar-refractivity contribution in [3.63, 3.8) is 0 Å². The molecule has 0 saturated heterocycles. The number of H-pyrrole nitrogens is 1. The minimum absolute atomic E-state index is 0.304. The maximum absolute atomic E-state index is 13.5. The topological polar surface area (TPSA) is 37.9 Å². The summed E-state index contributed by atoms with van der Waals surface area (Å²) in [4.78, 5) is 0. The van der Waals surface area contributed by atoms with Gasteiger partial charge in [0, 0.05) is 5.69 Å². The number of halogens is 1. The van der Waals surface area contributed by atoms with Crippen LogP contribution in [0.15, 0.2) is 18.2 Å². The highest BCUT2D eigenvalue weighted by atomic mass is 19.1. The van der Waals surface area contributed by atoms with Crippen molar-refractivity contribution in [2.24, 2.45) is 0 Å². The number of hydrogen-bond acceptors (Lipinski definition) is 2. The Morgan fingerprint density at radius 2 is 2.05 bits per heavy atom. The van der Waals surface area contributed by atoms with Gasteiger partial charge in [-0.2, -0.15) is 5.10 Å². The van der Waals surface area contributed by atoms with Crippen molar-refractivity contribution in [3.05, 3.63) is 46.5 Å². The normalized spacial score (nSPS) is 10.7. The lowest BCUT2D eigenvalue weighted by Gasteiger charge is -2.08. The molecule has 0 unspecified atom stereocenters. The van der Waals surface area contributed by atoms with Crippen LogP contribution in [0.2, 0.25) is 0 Å². The maximum atomic E-state index is 13.5. The molecular formula is C15H19FN2O. The van der Waals surface area contributed by atoms with Crippen molar-refractivity contribution < 1.29 is 9.13 Å². The number of aryl methyl sites for hydroxylation is 3. The van der Waals surface area contributed by atoms with E-state index in [1.165, 1.54) is 11.6 Å². The largest absolute Gasteiger partial charge is 0.490 e. The molecule has 0 bridgehead atoms. The Bertz CT molecular complexity index is 544. The van der Waals surface area contributed by atoms with Gasteiger partial charge in [0.25, 0.3) is 0 Å². The number of aromatic nitrogens is 2. The molecule has 0 saturated carbocycles. The maximum Gasteiger partial charge on any atom is 0.165 e. The molecule has 0 fully saturated rings. The second-order valence-corrected chi connectivity index (χ2v) is 4.80. The summed E-state index contributed by atoms with van der Waals surface area (Å²) < 4.78 is 18.9. The van der Waals surface area contributed by atoms with Crippen molar-refractivity contribution in [3.8, 4) is 5.75 Å². The standard InChI is InChI=1S/C15H19FN2O/c1-10-6-7-14(16)15(9-10)19-8-4-5-13-11(2)17-18-12(13)3/h6-7,9H,4-5,8H2,1-3H3,(H,17,18). The summed E-state index contributed by atoms with van der Waals surface area (Å²) in [7, 11) is 0. The summed E-state index contributed by atoms with van der Waals surface area (Å²) in [6.45, 7) is 6.42. The van der Waals surface area contributed by atoms with Gasteiger partial charge in [-0.25, -0.2) is 4.39 Å². The molecule has 0 aliphatic rings. The smallest absolute Gasteiger partial charge is 0.165 e. The lowest BCUT2D eigenvalue weighted by molar-refractivity contribution is 0.295. The average molecular weight is 262 g/mol. The number of benzene rings is 1. The van der Waals surface area contributed by atoms with Gasteiger partial charge in [-0.3, -0.25) is 5.10 Å². The zero-order valence-electron chi connectivity index (χ0n) is 11.6. The summed E-state index contributed by atoms with van der Waals surface area (Å²) in [5.74, 6) is 0.0295. The number of rotatable bonds is 5. The van der Waals surface area contributed by atoms with Gasteiger partial charge in [-0.1, -0.05) is 6.07 Å². The lowest BCUT2D eigenvalue weighted by Crippen LogP contribution is -2.02. The van der Waals surface area contributed by atoms with E-state index in [2.05, 4.69) is 10.2 Å². The third kappa shape index (κ3) is 3.34. The van der Waals surface area contributed by atoms with Gasteiger partial charge < -0.3 is 4.74 Å². The molecule has 1 heterocycles. The van der Waals surface area contributed by atoms with Crippen LogP contribution >= 0.6 is 0 Å². The first-order valence-corrected chi connectivity index (χ1v) is 6.47. The van der Waals surface area contributed by atoms with Gasteiger partial charge in [0.15, 0.2) is 11.6 Å². The molecule has 0 aliphatic heterocycles. The van der Waals surface area contributed by atoms with Gasteiger partial charge in [-0.15, -0.1) is 0 Å². The first-order chi connectivity index (χ1) is 9.08. The summed E-state index contributed by atoms with van der Waals surface area (Å²) >= 11 is 0. The monoisotopic (exact) mass is 262 g/mol. The molecule has 1 aromatic heterocycles. The fourth-order valence-corrected chi connectivity index (χ4v) is 2.09. The average Bonchev–Trinajstić information content (AvgIpc) is 2.69. The van der Waals surface area contributed by atoms with Crippen LogP contribution in [-0.2, 0) is 6.42 Å². The molecule has 4 heteroatoms. The highest BCUT2D eigenvalue weighted by molar-refractivity contribution is 5.29. The van der Waals surface area contributed by atoms with Crippen LogP contribution in [0, 0.1) is 26.6 Å². The van der Waals surface area contributed by atoms with Gasteiger partial charge in [0.05, 0.1) is 12.3 Å². The van der Waals surface area contributed by atoms with Crippen LogP contribution in [0.1, 0.15) is 28.9 Å². The second kappa shape index (κ2) is 5.87. The van der Waals surface area contributed by atoms with Crippen LogP contribution in [0.5, 0.6) is 5.75 Å². The summed E-state index contributed by atoms with van der Waals surface area (Å²) in [5, 5.41) is 7.11. The van der Waals surface area contributed by atoms with Gasteiger partial charge >= 0.3 is 0 Å². The van der Waals surface area contributed by atoms with Gasteiger partial charge in [0.1, 0.15) is 0 Å². The van der Waals surface area contributed by atoms with E-state index >= 15 is 0 Å². The molecule has 2 aromatic rings. The second-order valence-electron chi connectivity index (χ2n) is 4.80. The molecule has 102 valence electrons. The van der Waals surface area contributed by atoms with Crippen LogP contribution in [0.4, 0.5) is 4.39 Å². The van der Waals surface area contributed by atoms with Crippen molar-refractivity contribution in [2.45, 2.75) is 33.6 Å². The van der Waals surface area contributed by atoms with Gasteiger partial charge in [-0.05, 0) is 56.9 Å². The number of aromatic amines is 1. The molecule has 0 radical (unpaired) electrons. The fraction of sp³-hybridized carbons (Fsp3) is 0.400. The molecule has 0 amide bonds. The van der Waals surface area contributed by atoms with Crippen LogP contribution < -0.4 is 4.74 Å². The third-order valence-electron chi connectivity index (χ3n) is 3.20. The van der Waals surface area contributed by atoms with Crippen molar-refractivity contribution in [1.29, 1.82) is 0 Å². The molecule has 0 atom stereocenters. The van der Waals surface area contributed by atoms with E-state index in [0.29, 0.717) is 12.4 Å². The highest BCUT2D eigenvalue weighted by Gasteiger charge is 2.07. The minimum atomic E-state index is -0.304. The van der Waals surface area contributed by atoms with Crippen LogP contribution in [-0.4, -0.2) is 16.8 Å². The van der Waals surface area contributed by atoms with E-state index in [1.54, 1.807) is 12.1 Å². The molecule has 2 rings (SSSR count). The molecule has 1 N–H and O–H groups in total. The zero-order valence-corrected chi connectivity index (χ0v) is 11.6. The molecule has 1 aromatic carbocycles. The van der Waals surface area contributed by atoms with Crippen molar-refractivity contribution in [1.82, 2.24) is 10.2 Å². The first-order valence-electron chi connectivity index (χ1n) is 6.47. The minimum Gasteiger partial charge on any atom is -0.490 e. The summed E-state index contributed by atoms with van der Waals surface area (Å²) in [6, 6.07) is 4.90. The Labute approximate surface area is 112 Å². The Kier molecular flexibility index (Phi) is 4.20. The fourth-order valence-electron chi connectivity index (χ4n) is 2.09. The van der Waals surface area contributed by atoms with E-state index in [-0.39, 0.29) is 5.82 Å². The van der Waals surface area contributed by atoms with Crippen LogP contribution in [0.25, 0.3) is 0 Å². The van der Waals surface area contributed by atoms with E-state index in [0.717, 1.165) is 29.8 Å². The third-order valence-corrected chi connectivity index (χ3v) is 3.20. The zero-order chi connectivity index (χ0) is 13.8. The molecule has 3 nitrogen and oxygen atoms in total. The van der Waals surface area contributed by atoms with E-state index in [4.69, 9.17) is 4.74 Å². The number of ether oxygens (including phenoxy) is 1. The SMILES string of the molecule is Cc1ccc(F)c(OCCCc2c(C)n[nH]c2C)c1. The van der Waals surface area contributed by atoms with Crippen molar-refractivity contribution in [2.75, 3.05) is 6.61 Å². The lowest BCUT2D eigenvalue weighted by atomic mass is 10.1. The first kappa shape index (κ1) is 13.6. The van der Waals surface area contributed by atoms with Crippen LogP contribution in [0.3, 0.4) is 0 Å². The predicted octanol–water partition coefficient (Wildman–Crippen LogP) is 3.49. The summed E-state index contributed by atoms with van der Waals surface area (Å²) in [6.07, 6.45) is 1.73. The predicted molar refractivity (Wildman–Crippen MR) is 73.0 cm³/mol. The molecular weight excluding hydrogens is 243 g/mol. The summed E-state index contributed by atoms with van der Waals surface area (Å²) in [5.41, 5.74) is 4.35. The number of nitrogens with one attached hydrogen (secondary N) is 1. The number of hydrogen-bond donors (Lipinski definition) is 1. The Morgan fingerprint density at radius 3 is 2.74 bits per heavy atom. The van der Waals surface area contributed by atoms with E-state index in [9.17, 15) is 4.39 Å². The molecule has 0 spiro atoms. The molecule has 19 heavy (non-hydrogen) atoms. The molecule has 0 aliphatic carbocycles. The van der Waals surface area contributed by atoms with E-state index in [1.807, 2.05) is 20.8 Å². The number of nitrogens with zero attached hydrogens (tertiary/aromatic N) is 1. The Morgan fingerprint density at radius 1 is 1.26 bits per heavy atom. The highest BCUT2D eigenvalue weighted by Crippen LogP contribution is 2.19. The Balaban J connectivity index is 1.86. The quantitative estimate of drug-likeness (QED) is 0.838. The van der Waals surface area contributed by atoms with Gasteiger partial charge in [0.2, 0.25) is 0 Å². The van der Waals surface area contributed by atoms with E-state index < -0.39 is 0 Å².